The van der Waals surface area contributed by atoms with E-state index in [9.17, 15) is 4.79 Å². The molecule has 0 bridgehead atoms. The second-order valence-electron chi connectivity index (χ2n) is 4.46. The number of hydrogen-bond donors (Lipinski definition) is 0. The van der Waals surface area contributed by atoms with Crippen LogP contribution in [0.15, 0.2) is 12.2 Å². The normalized spacial score (nSPS) is 13.1. The number of rotatable bonds is 7. The Hall–Kier alpha value is -0.910. The number of ether oxygens (including phenoxy) is 2. The van der Waals surface area contributed by atoms with Crippen LogP contribution >= 0.6 is 0 Å². The number of hydrogen-bond acceptors (Lipinski definition) is 5. The first-order valence-corrected chi connectivity index (χ1v) is 5.50. The molecule has 0 N–H and O–H groups in total. The summed E-state index contributed by atoms with van der Waals surface area (Å²) in [6, 6.07) is 0. The van der Waals surface area contributed by atoms with Crippen molar-refractivity contribution in [2.24, 2.45) is 0 Å². The highest BCUT2D eigenvalue weighted by Crippen LogP contribution is 2.18. The third-order valence-electron chi connectivity index (χ3n) is 1.86. The van der Waals surface area contributed by atoms with Gasteiger partial charge in [0.2, 0.25) is 0 Å². The minimum atomic E-state index is -0.838. The fraction of sp³-hybridized carbons (Fsp3) is 0.750. The summed E-state index contributed by atoms with van der Waals surface area (Å²) < 4.78 is 9.79. The lowest BCUT2D eigenvalue weighted by Gasteiger charge is -2.27. The van der Waals surface area contributed by atoms with Crippen LogP contribution in [0.25, 0.3) is 0 Å². The Kier molecular flexibility index (Phi) is 6.37. The van der Waals surface area contributed by atoms with Crippen molar-refractivity contribution < 1.29 is 24.0 Å². The molecule has 0 saturated heterocycles. The lowest BCUT2D eigenvalue weighted by atomic mass is 10.1. The Labute approximate surface area is 103 Å². The maximum atomic E-state index is 11.1. The Morgan fingerprint density at radius 2 is 1.76 bits per heavy atom. The van der Waals surface area contributed by atoms with E-state index in [2.05, 4.69) is 0 Å². The van der Waals surface area contributed by atoms with Crippen molar-refractivity contribution in [1.82, 2.24) is 0 Å². The van der Waals surface area contributed by atoms with Crippen molar-refractivity contribution >= 4 is 5.97 Å². The van der Waals surface area contributed by atoms with Crippen LogP contribution in [0.4, 0.5) is 0 Å². The van der Waals surface area contributed by atoms with Gasteiger partial charge in [0, 0.05) is 13.2 Å². The molecule has 0 aliphatic heterocycles. The average molecular weight is 246 g/mol. The largest absolute Gasteiger partial charge is 0.463 e. The van der Waals surface area contributed by atoms with Gasteiger partial charge in [0.1, 0.15) is 5.60 Å². The van der Waals surface area contributed by atoms with Crippen molar-refractivity contribution in [2.75, 3.05) is 13.7 Å². The summed E-state index contributed by atoms with van der Waals surface area (Å²) in [6.45, 7) is 9.05. The van der Waals surface area contributed by atoms with Crippen LogP contribution < -0.4 is 0 Å². The van der Waals surface area contributed by atoms with E-state index in [4.69, 9.17) is 19.2 Å². The maximum Gasteiger partial charge on any atom is 0.330 e. The topological polar surface area (TPSA) is 54.0 Å². The van der Waals surface area contributed by atoms with Gasteiger partial charge in [-0.15, -0.1) is 0 Å². The van der Waals surface area contributed by atoms with Crippen molar-refractivity contribution in [3.63, 3.8) is 0 Å². The molecule has 100 valence electrons. The van der Waals surface area contributed by atoms with Crippen LogP contribution in [0.3, 0.4) is 0 Å². The second kappa shape index (κ2) is 6.74. The monoisotopic (exact) mass is 246 g/mol. The van der Waals surface area contributed by atoms with Crippen LogP contribution in [-0.4, -0.2) is 31.1 Å². The molecule has 0 saturated carbocycles. The molecule has 17 heavy (non-hydrogen) atoms. The molecular weight excluding hydrogens is 224 g/mol. The molecule has 0 rings (SSSR count). The van der Waals surface area contributed by atoms with E-state index in [0.29, 0.717) is 6.61 Å². The minimum absolute atomic E-state index is 0.345. The third-order valence-corrected chi connectivity index (χ3v) is 1.86. The number of esters is 1. The molecule has 0 spiro atoms. The van der Waals surface area contributed by atoms with Crippen LogP contribution in [-0.2, 0) is 24.0 Å². The first-order valence-electron chi connectivity index (χ1n) is 5.50. The molecule has 5 heteroatoms. The van der Waals surface area contributed by atoms with Gasteiger partial charge in [0.25, 0.3) is 0 Å². The van der Waals surface area contributed by atoms with Gasteiger partial charge in [-0.25, -0.2) is 14.6 Å². The Morgan fingerprint density at radius 3 is 2.24 bits per heavy atom. The predicted octanol–water partition coefficient (Wildman–Crippen LogP) is 2.21. The van der Waals surface area contributed by atoms with Gasteiger partial charge < -0.3 is 9.47 Å². The van der Waals surface area contributed by atoms with E-state index < -0.39 is 17.4 Å². The molecule has 5 nitrogen and oxygen atoms in total. The Morgan fingerprint density at radius 1 is 1.18 bits per heavy atom. The van der Waals surface area contributed by atoms with Crippen molar-refractivity contribution in [3.05, 3.63) is 12.2 Å². The summed E-state index contributed by atoms with van der Waals surface area (Å²) in [5, 5.41) is 0. The summed E-state index contributed by atoms with van der Waals surface area (Å²) in [5.41, 5.74) is -0.747. The van der Waals surface area contributed by atoms with E-state index in [1.54, 1.807) is 40.7 Å². The van der Waals surface area contributed by atoms with E-state index >= 15 is 0 Å². The molecular formula is C12H22O5. The quantitative estimate of drug-likeness (QED) is 0.227. The lowest BCUT2D eigenvalue weighted by molar-refractivity contribution is -0.441. The Bertz CT molecular complexity index is 268. The molecule has 0 atom stereocenters. The molecule has 0 radical (unpaired) electrons. The summed E-state index contributed by atoms with van der Waals surface area (Å²) in [4.78, 5) is 21.4. The minimum Gasteiger partial charge on any atom is -0.463 e. The van der Waals surface area contributed by atoms with Gasteiger partial charge in [-0.2, -0.15) is 0 Å². The third kappa shape index (κ3) is 7.90. The van der Waals surface area contributed by atoms with Crippen LogP contribution in [0.1, 0.15) is 34.6 Å². The fourth-order valence-corrected chi connectivity index (χ4v) is 0.729. The van der Waals surface area contributed by atoms with Gasteiger partial charge in [0.05, 0.1) is 6.61 Å². The summed E-state index contributed by atoms with van der Waals surface area (Å²) >= 11 is 0. The summed E-state index contributed by atoms with van der Waals surface area (Å²) in [7, 11) is 1.52. The van der Waals surface area contributed by atoms with E-state index in [1.165, 1.54) is 13.2 Å². The molecule has 0 aliphatic rings. The molecule has 0 aliphatic carbocycles. The van der Waals surface area contributed by atoms with Gasteiger partial charge >= 0.3 is 5.97 Å². The summed E-state index contributed by atoms with van der Waals surface area (Å²) in [5.74, 6) is -1.25. The second-order valence-corrected chi connectivity index (χ2v) is 4.46. The molecule has 0 amide bonds. The highest BCUT2D eigenvalue weighted by Gasteiger charge is 2.24. The molecule has 0 heterocycles. The fourth-order valence-electron chi connectivity index (χ4n) is 0.729. The lowest BCUT2D eigenvalue weighted by Crippen LogP contribution is -2.32. The van der Waals surface area contributed by atoms with E-state index in [-0.39, 0.29) is 0 Å². The molecule has 0 fully saturated rings. The summed E-state index contributed by atoms with van der Waals surface area (Å²) in [6.07, 6.45) is 2.88. The van der Waals surface area contributed by atoms with Crippen LogP contribution in [0.5, 0.6) is 0 Å². The first kappa shape index (κ1) is 16.1. The Balaban J connectivity index is 4.24. The van der Waals surface area contributed by atoms with E-state index in [0.717, 1.165) is 0 Å². The van der Waals surface area contributed by atoms with Gasteiger partial charge in [-0.1, -0.05) is 0 Å². The molecule has 0 aromatic rings. The molecule has 0 unspecified atom stereocenters. The van der Waals surface area contributed by atoms with Gasteiger partial charge in [-0.3, -0.25) is 0 Å². The number of carbonyl (C=O) groups excluding carboxylic acids is 1. The molecule has 0 aromatic heterocycles. The predicted molar refractivity (Wildman–Crippen MR) is 63.1 cm³/mol. The zero-order valence-electron chi connectivity index (χ0n) is 11.4. The average Bonchev–Trinajstić information content (AvgIpc) is 2.25. The van der Waals surface area contributed by atoms with Gasteiger partial charge in [-0.05, 0) is 40.7 Å². The first-order chi connectivity index (χ1) is 7.72. The number of methoxy groups -OCH3 is 1. The van der Waals surface area contributed by atoms with Crippen LogP contribution in [0, 0.1) is 0 Å². The highest BCUT2D eigenvalue weighted by atomic mass is 17.2. The van der Waals surface area contributed by atoms with Gasteiger partial charge in [0.15, 0.2) is 5.79 Å². The standard InChI is InChI=1S/C12H22O5/c1-7-15-10(13)8-9-11(2,3)16-17-12(4,5)14-6/h8-9H,7H2,1-6H3/b9-8+. The maximum absolute atomic E-state index is 11.1. The smallest absolute Gasteiger partial charge is 0.330 e. The highest BCUT2D eigenvalue weighted by molar-refractivity contribution is 5.82. The van der Waals surface area contributed by atoms with Crippen molar-refractivity contribution in [1.29, 1.82) is 0 Å². The van der Waals surface area contributed by atoms with E-state index in [1.807, 2.05) is 0 Å². The SMILES string of the molecule is CCOC(=O)/C=C/C(C)(C)OOC(C)(C)OC. The van der Waals surface area contributed by atoms with Crippen LogP contribution in [0.2, 0.25) is 0 Å². The molecule has 0 aromatic carbocycles. The van der Waals surface area contributed by atoms with Crippen molar-refractivity contribution in [3.8, 4) is 0 Å². The number of carbonyl (C=O) groups is 1. The van der Waals surface area contributed by atoms with Crippen molar-refractivity contribution in [2.45, 2.75) is 46.0 Å². The zero-order chi connectivity index (χ0) is 13.5. The zero-order valence-corrected chi connectivity index (χ0v) is 11.4.